The Morgan fingerprint density at radius 3 is 2.71 bits per heavy atom. The van der Waals surface area contributed by atoms with Crippen molar-refractivity contribution in [2.75, 3.05) is 26.7 Å². The van der Waals surface area contributed by atoms with E-state index < -0.39 is 5.82 Å². The fraction of sp³-hybridized carbons (Fsp3) is 0.462. The molecule has 1 saturated heterocycles. The quantitative estimate of drug-likeness (QED) is 0.739. The van der Waals surface area contributed by atoms with Crippen LogP contribution in [-0.4, -0.2) is 48.4 Å². The Bertz CT molecular complexity index is 422. The van der Waals surface area contributed by atoms with Crippen molar-refractivity contribution in [1.82, 2.24) is 9.80 Å². The SMILES string of the molecule is CC1CN(C(=O)c2ccccc2F)CCN1C. The lowest BCUT2D eigenvalue weighted by atomic mass is 10.1. The van der Waals surface area contributed by atoms with Crippen LogP contribution in [-0.2, 0) is 0 Å². The normalized spacial score (nSPS) is 21.6. The molecule has 1 aliphatic heterocycles. The van der Waals surface area contributed by atoms with E-state index in [0.717, 1.165) is 6.54 Å². The van der Waals surface area contributed by atoms with Crippen molar-refractivity contribution < 1.29 is 9.18 Å². The van der Waals surface area contributed by atoms with Gasteiger partial charge in [-0.25, -0.2) is 4.39 Å². The minimum atomic E-state index is -0.441. The van der Waals surface area contributed by atoms with E-state index in [1.807, 2.05) is 7.05 Å². The summed E-state index contributed by atoms with van der Waals surface area (Å²) in [5.41, 5.74) is 0.171. The van der Waals surface area contributed by atoms with Crippen LogP contribution in [0.3, 0.4) is 0 Å². The number of carbonyl (C=O) groups excluding carboxylic acids is 1. The fourth-order valence-electron chi connectivity index (χ4n) is 2.04. The Labute approximate surface area is 101 Å². The highest BCUT2D eigenvalue weighted by molar-refractivity contribution is 5.94. The molecule has 0 saturated carbocycles. The van der Waals surface area contributed by atoms with Gasteiger partial charge in [0.1, 0.15) is 5.82 Å². The first-order valence-corrected chi connectivity index (χ1v) is 5.83. The fourth-order valence-corrected chi connectivity index (χ4v) is 2.04. The van der Waals surface area contributed by atoms with Gasteiger partial charge in [-0.1, -0.05) is 12.1 Å². The van der Waals surface area contributed by atoms with Crippen molar-refractivity contribution in [3.63, 3.8) is 0 Å². The van der Waals surface area contributed by atoms with E-state index in [0.29, 0.717) is 19.1 Å². The summed E-state index contributed by atoms with van der Waals surface area (Å²) in [6.07, 6.45) is 0. The third kappa shape index (κ3) is 2.47. The Hall–Kier alpha value is -1.42. The number of piperazine rings is 1. The maximum Gasteiger partial charge on any atom is 0.256 e. The second-order valence-corrected chi connectivity index (χ2v) is 4.56. The maximum atomic E-state index is 13.5. The zero-order valence-corrected chi connectivity index (χ0v) is 10.2. The molecule has 1 aromatic rings. The van der Waals surface area contributed by atoms with E-state index in [9.17, 15) is 9.18 Å². The summed E-state index contributed by atoms with van der Waals surface area (Å²) in [5.74, 6) is -0.646. The second kappa shape index (κ2) is 4.84. The van der Waals surface area contributed by atoms with Crippen molar-refractivity contribution in [1.29, 1.82) is 0 Å². The molecule has 4 heteroatoms. The number of amides is 1. The summed E-state index contributed by atoms with van der Waals surface area (Å²) in [6.45, 7) is 4.22. The second-order valence-electron chi connectivity index (χ2n) is 4.56. The van der Waals surface area contributed by atoms with Crippen LogP contribution >= 0.6 is 0 Å². The van der Waals surface area contributed by atoms with Crippen molar-refractivity contribution in [2.24, 2.45) is 0 Å². The summed E-state index contributed by atoms with van der Waals surface area (Å²) in [6, 6.07) is 6.47. The number of hydrogen-bond acceptors (Lipinski definition) is 2. The molecule has 0 bridgehead atoms. The molecule has 1 aromatic carbocycles. The first kappa shape index (κ1) is 12.0. The van der Waals surface area contributed by atoms with Crippen LogP contribution < -0.4 is 0 Å². The van der Waals surface area contributed by atoms with Gasteiger partial charge in [0.25, 0.3) is 5.91 Å². The van der Waals surface area contributed by atoms with Crippen LogP contribution in [0.2, 0.25) is 0 Å². The summed E-state index contributed by atoms with van der Waals surface area (Å²) >= 11 is 0. The molecule has 0 aromatic heterocycles. The molecular weight excluding hydrogens is 219 g/mol. The highest BCUT2D eigenvalue weighted by Gasteiger charge is 2.26. The van der Waals surface area contributed by atoms with Crippen molar-refractivity contribution in [3.8, 4) is 0 Å². The van der Waals surface area contributed by atoms with E-state index in [4.69, 9.17) is 0 Å². The van der Waals surface area contributed by atoms with Crippen molar-refractivity contribution in [3.05, 3.63) is 35.6 Å². The standard InChI is InChI=1S/C13H17FN2O/c1-10-9-16(8-7-15(10)2)13(17)11-5-3-4-6-12(11)14/h3-6,10H,7-9H2,1-2H3. The van der Waals surface area contributed by atoms with Gasteiger partial charge < -0.3 is 9.80 Å². The number of likely N-dealkylation sites (N-methyl/N-ethyl adjacent to an activating group) is 1. The number of benzene rings is 1. The highest BCUT2D eigenvalue weighted by atomic mass is 19.1. The zero-order valence-electron chi connectivity index (χ0n) is 10.2. The maximum absolute atomic E-state index is 13.5. The molecule has 92 valence electrons. The number of carbonyl (C=O) groups is 1. The minimum Gasteiger partial charge on any atom is -0.336 e. The highest BCUT2D eigenvalue weighted by Crippen LogP contribution is 2.14. The first-order chi connectivity index (χ1) is 8.09. The van der Waals surface area contributed by atoms with Crippen LogP contribution in [0.1, 0.15) is 17.3 Å². The monoisotopic (exact) mass is 236 g/mol. The van der Waals surface area contributed by atoms with Gasteiger partial charge in [0, 0.05) is 25.7 Å². The van der Waals surface area contributed by atoms with Gasteiger partial charge in [0.2, 0.25) is 0 Å². The minimum absolute atomic E-state index is 0.171. The Kier molecular flexibility index (Phi) is 3.43. The summed E-state index contributed by atoms with van der Waals surface area (Å²) < 4.78 is 13.5. The first-order valence-electron chi connectivity index (χ1n) is 5.83. The lowest BCUT2D eigenvalue weighted by Gasteiger charge is -2.37. The number of nitrogens with zero attached hydrogens (tertiary/aromatic N) is 2. The topological polar surface area (TPSA) is 23.6 Å². The Morgan fingerprint density at radius 1 is 1.35 bits per heavy atom. The van der Waals surface area contributed by atoms with Crippen LogP contribution in [0.5, 0.6) is 0 Å². The zero-order chi connectivity index (χ0) is 12.4. The molecule has 1 aliphatic rings. The molecule has 1 amide bonds. The molecule has 3 nitrogen and oxygen atoms in total. The van der Waals surface area contributed by atoms with Crippen LogP contribution in [0.4, 0.5) is 4.39 Å². The van der Waals surface area contributed by atoms with Gasteiger partial charge in [-0.2, -0.15) is 0 Å². The summed E-state index contributed by atoms with van der Waals surface area (Å²) in [5, 5.41) is 0. The smallest absolute Gasteiger partial charge is 0.256 e. The molecule has 2 rings (SSSR count). The van der Waals surface area contributed by atoms with Gasteiger partial charge in [-0.3, -0.25) is 4.79 Å². The molecular formula is C13H17FN2O. The third-order valence-electron chi connectivity index (χ3n) is 3.35. The van der Waals surface area contributed by atoms with Gasteiger partial charge in [-0.15, -0.1) is 0 Å². The van der Waals surface area contributed by atoms with Crippen molar-refractivity contribution >= 4 is 5.91 Å². The average molecular weight is 236 g/mol. The van der Waals surface area contributed by atoms with E-state index in [1.54, 1.807) is 23.1 Å². The molecule has 0 spiro atoms. The summed E-state index contributed by atoms with van der Waals surface area (Å²) in [7, 11) is 2.04. The molecule has 1 heterocycles. The molecule has 0 radical (unpaired) electrons. The predicted octanol–water partition coefficient (Wildman–Crippen LogP) is 1.60. The van der Waals surface area contributed by atoms with Crippen LogP contribution in [0.15, 0.2) is 24.3 Å². The van der Waals surface area contributed by atoms with Crippen LogP contribution in [0.25, 0.3) is 0 Å². The molecule has 1 unspecified atom stereocenters. The lowest BCUT2D eigenvalue weighted by molar-refractivity contribution is 0.0568. The summed E-state index contributed by atoms with van der Waals surface area (Å²) in [4.78, 5) is 16.1. The van der Waals surface area contributed by atoms with Crippen LogP contribution in [0, 0.1) is 5.82 Å². The molecule has 17 heavy (non-hydrogen) atoms. The predicted molar refractivity (Wildman–Crippen MR) is 64.4 cm³/mol. The molecule has 1 atom stereocenters. The van der Waals surface area contributed by atoms with E-state index in [2.05, 4.69) is 11.8 Å². The van der Waals surface area contributed by atoms with Gasteiger partial charge >= 0.3 is 0 Å². The lowest BCUT2D eigenvalue weighted by Crippen LogP contribution is -2.52. The van der Waals surface area contributed by atoms with Crippen molar-refractivity contribution in [2.45, 2.75) is 13.0 Å². The average Bonchev–Trinajstić information content (AvgIpc) is 2.32. The molecule has 1 fully saturated rings. The van der Waals surface area contributed by atoms with Gasteiger partial charge in [0.15, 0.2) is 0 Å². The Balaban J connectivity index is 2.14. The van der Waals surface area contributed by atoms with Gasteiger partial charge in [0.05, 0.1) is 5.56 Å². The van der Waals surface area contributed by atoms with E-state index in [-0.39, 0.29) is 11.5 Å². The Morgan fingerprint density at radius 2 is 2.06 bits per heavy atom. The molecule has 0 N–H and O–H groups in total. The number of rotatable bonds is 1. The van der Waals surface area contributed by atoms with E-state index >= 15 is 0 Å². The molecule has 0 aliphatic carbocycles. The third-order valence-corrected chi connectivity index (χ3v) is 3.35. The largest absolute Gasteiger partial charge is 0.336 e. The number of hydrogen-bond donors (Lipinski definition) is 0. The van der Waals surface area contributed by atoms with E-state index in [1.165, 1.54) is 6.07 Å². The van der Waals surface area contributed by atoms with Gasteiger partial charge in [-0.05, 0) is 26.1 Å². The number of halogens is 1.